The number of ether oxygens (including phenoxy) is 2. The van der Waals surface area contributed by atoms with E-state index >= 15 is 0 Å². The van der Waals surface area contributed by atoms with Crippen molar-refractivity contribution in [2.45, 2.75) is 103 Å². The van der Waals surface area contributed by atoms with Crippen LogP contribution in [0.2, 0.25) is 5.02 Å². The summed E-state index contributed by atoms with van der Waals surface area (Å²) < 4.78 is 12.1. The minimum atomic E-state index is -1.01. The molecule has 2 aliphatic rings. The molecule has 1 saturated carbocycles. The van der Waals surface area contributed by atoms with Crippen molar-refractivity contribution in [3.8, 4) is 0 Å². The highest BCUT2D eigenvalue weighted by molar-refractivity contribution is 9.10. The maximum Gasteiger partial charge on any atom is 0.408 e. The molecule has 0 aromatic heterocycles. The van der Waals surface area contributed by atoms with E-state index in [-0.39, 0.29) is 43.8 Å². The lowest BCUT2D eigenvalue weighted by atomic mass is 9.98. The van der Waals surface area contributed by atoms with Crippen LogP contribution in [0.4, 0.5) is 4.79 Å². The zero-order valence-electron chi connectivity index (χ0n) is 31.4. The number of nitrogens with zero attached hydrogens (tertiary/aromatic N) is 3. The number of benzene rings is 1. The second kappa shape index (κ2) is 18.6. The van der Waals surface area contributed by atoms with E-state index < -0.39 is 53.6 Å². The lowest BCUT2D eigenvalue weighted by Gasteiger charge is -2.35. The molecule has 3 rings (SSSR count). The number of nitrogens with one attached hydrogen (secondary N) is 2. The Hall–Kier alpha value is -3.16. The Morgan fingerprint density at radius 3 is 2.43 bits per heavy atom. The molecule has 1 fully saturated rings. The van der Waals surface area contributed by atoms with Gasteiger partial charge >= 0.3 is 6.09 Å². The monoisotopic (exact) mass is 795 g/mol. The molecule has 0 radical (unpaired) electrons. The van der Waals surface area contributed by atoms with E-state index in [1.165, 1.54) is 16.8 Å². The summed E-state index contributed by atoms with van der Waals surface area (Å²) >= 11 is 9.87. The minimum Gasteiger partial charge on any atom is -0.444 e. The first-order valence-corrected chi connectivity index (χ1v) is 18.7. The van der Waals surface area contributed by atoms with Crippen LogP contribution in [0.15, 0.2) is 34.3 Å². The van der Waals surface area contributed by atoms with Crippen molar-refractivity contribution in [1.29, 1.82) is 0 Å². The first kappa shape index (κ1) is 42.3. The summed E-state index contributed by atoms with van der Waals surface area (Å²) in [5, 5.41) is 6.17. The van der Waals surface area contributed by atoms with Gasteiger partial charge in [0.25, 0.3) is 0 Å². The smallest absolute Gasteiger partial charge is 0.408 e. The van der Waals surface area contributed by atoms with Gasteiger partial charge in [-0.3, -0.25) is 19.2 Å². The molecule has 4 atom stereocenters. The van der Waals surface area contributed by atoms with Crippen molar-refractivity contribution in [1.82, 2.24) is 25.3 Å². The average molecular weight is 797 g/mol. The summed E-state index contributed by atoms with van der Waals surface area (Å²) in [7, 11) is 4.78. The van der Waals surface area contributed by atoms with Gasteiger partial charge in [0.2, 0.25) is 23.6 Å². The van der Waals surface area contributed by atoms with E-state index in [1.807, 2.05) is 26.8 Å². The quantitative estimate of drug-likeness (QED) is 0.355. The lowest BCUT2D eigenvalue weighted by molar-refractivity contribution is -0.147. The Morgan fingerprint density at radius 2 is 1.82 bits per heavy atom. The highest BCUT2D eigenvalue weighted by Crippen LogP contribution is 2.34. The van der Waals surface area contributed by atoms with Crippen LogP contribution in [-0.4, -0.2) is 115 Å². The number of carbonyl (C=O) groups is 5. The topological polar surface area (TPSA) is 138 Å². The average Bonchev–Trinajstić information content (AvgIpc) is 3.88. The molecule has 1 aromatic carbocycles. The fourth-order valence-corrected chi connectivity index (χ4v) is 6.49. The van der Waals surface area contributed by atoms with Crippen LogP contribution in [-0.2, 0) is 35.1 Å². The van der Waals surface area contributed by atoms with Gasteiger partial charge in [0.15, 0.2) is 0 Å². The van der Waals surface area contributed by atoms with Gasteiger partial charge in [0, 0.05) is 43.6 Å². The molecular weight excluding hydrogens is 742 g/mol. The van der Waals surface area contributed by atoms with Gasteiger partial charge < -0.3 is 34.8 Å². The molecule has 2 N–H and O–H groups in total. The van der Waals surface area contributed by atoms with E-state index in [2.05, 4.69) is 26.6 Å². The van der Waals surface area contributed by atoms with Crippen LogP contribution in [0.1, 0.15) is 72.8 Å². The summed E-state index contributed by atoms with van der Waals surface area (Å²) in [6, 6.07) is 1.49. The van der Waals surface area contributed by atoms with Gasteiger partial charge in [-0.15, -0.1) is 0 Å². The molecule has 0 unspecified atom stereocenters. The Kier molecular flexibility index (Phi) is 15.4. The minimum absolute atomic E-state index is 0.00604. The maximum absolute atomic E-state index is 14.4. The normalized spacial score (nSPS) is 23.3. The lowest BCUT2D eigenvalue weighted by Crippen LogP contribution is -2.59. The second-order valence-corrected chi connectivity index (χ2v) is 16.4. The molecule has 1 heterocycles. The Balaban J connectivity index is 1.99. The van der Waals surface area contributed by atoms with E-state index in [0.717, 1.165) is 28.5 Å². The number of amides is 5. The van der Waals surface area contributed by atoms with Crippen molar-refractivity contribution in [3.05, 3.63) is 44.9 Å². The first-order chi connectivity index (χ1) is 23.8. The predicted molar refractivity (Wildman–Crippen MR) is 200 cm³/mol. The molecule has 5 amide bonds. The van der Waals surface area contributed by atoms with Crippen LogP contribution in [0.25, 0.3) is 0 Å². The first-order valence-electron chi connectivity index (χ1n) is 17.5. The van der Waals surface area contributed by atoms with Crippen molar-refractivity contribution in [3.63, 3.8) is 0 Å². The van der Waals surface area contributed by atoms with Crippen LogP contribution >= 0.6 is 27.5 Å². The third kappa shape index (κ3) is 12.8. The standard InChI is InChI=1S/C37H55BrClN5O7/c1-22(2)18-28-33(46)44(9)30(20-25-19-26(39)13-14-27(25)38)34(47)42(7)16-17-50-21-23(3)10-15-29(32(45)40-28)43(8)35(48)31(24-11-12-24)41-36(49)51-37(4,5)6/h10,13-14,19,22,24,28-31H,11-12,15-18,20-21H2,1-9H3,(H,40,45)(H,41,49)/b23-10-/t28-,29-,30-,31-/m0/s1. The number of carbonyl (C=O) groups excluding carboxylic acids is 5. The molecule has 0 spiro atoms. The summed E-state index contributed by atoms with van der Waals surface area (Å²) in [4.78, 5) is 73.6. The van der Waals surface area contributed by atoms with Gasteiger partial charge in [-0.25, -0.2) is 4.79 Å². The highest BCUT2D eigenvalue weighted by Gasteiger charge is 2.42. The van der Waals surface area contributed by atoms with Gasteiger partial charge in [-0.1, -0.05) is 53.0 Å². The molecule has 1 aliphatic carbocycles. The zero-order valence-corrected chi connectivity index (χ0v) is 33.7. The van der Waals surface area contributed by atoms with E-state index in [4.69, 9.17) is 21.1 Å². The Bertz CT molecular complexity index is 1460. The summed E-state index contributed by atoms with van der Waals surface area (Å²) in [6.07, 6.45) is 3.26. The summed E-state index contributed by atoms with van der Waals surface area (Å²) in [6.45, 7) is 11.8. The largest absolute Gasteiger partial charge is 0.444 e. The van der Waals surface area contributed by atoms with Gasteiger partial charge in [0.1, 0.15) is 29.8 Å². The zero-order chi connectivity index (χ0) is 38.2. The number of rotatable bonds is 8. The molecule has 12 nitrogen and oxygen atoms in total. The summed E-state index contributed by atoms with van der Waals surface area (Å²) in [5.74, 6) is -1.76. The summed E-state index contributed by atoms with van der Waals surface area (Å²) in [5.41, 5.74) is 0.823. The Labute approximate surface area is 316 Å². The maximum atomic E-state index is 14.4. The van der Waals surface area contributed by atoms with Crippen LogP contribution in [0.5, 0.6) is 0 Å². The van der Waals surface area contributed by atoms with Crippen molar-refractivity contribution in [2.75, 3.05) is 40.9 Å². The van der Waals surface area contributed by atoms with Crippen molar-refractivity contribution in [2.24, 2.45) is 11.8 Å². The van der Waals surface area contributed by atoms with Gasteiger partial charge in [-0.2, -0.15) is 0 Å². The van der Waals surface area contributed by atoms with Crippen LogP contribution in [0.3, 0.4) is 0 Å². The molecule has 51 heavy (non-hydrogen) atoms. The predicted octanol–water partition coefficient (Wildman–Crippen LogP) is 4.96. The molecule has 1 aliphatic heterocycles. The van der Waals surface area contributed by atoms with Crippen molar-refractivity contribution < 1.29 is 33.4 Å². The fraction of sp³-hybridized carbons (Fsp3) is 0.649. The molecule has 14 heteroatoms. The van der Waals surface area contributed by atoms with Gasteiger partial charge in [0.05, 0.1) is 13.2 Å². The molecule has 0 saturated heterocycles. The van der Waals surface area contributed by atoms with E-state index in [0.29, 0.717) is 18.0 Å². The molecule has 0 bridgehead atoms. The Morgan fingerprint density at radius 1 is 1.16 bits per heavy atom. The van der Waals surface area contributed by atoms with Crippen LogP contribution in [0, 0.1) is 11.8 Å². The SMILES string of the molecule is C/C1=C/C[C@H](N(C)C(=O)[C@@H](NC(=O)OC(C)(C)C)C2CC2)C(=O)N[C@@H](CC(C)C)C(=O)N(C)[C@@H](Cc2cc(Cl)ccc2Br)C(=O)N(C)CCOC1. The molecular formula is C37H55BrClN5O7. The number of halogens is 2. The van der Waals surface area contributed by atoms with Crippen LogP contribution < -0.4 is 10.6 Å². The number of alkyl carbamates (subject to hydrolysis) is 1. The molecule has 1 aromatic rings. The fourth-order valence-electron chi connectivity index (χ4n) is 5.89. The van der Waals surface area contributed by atoms with Gasteiger partial charge in [-0.05, 0) is 89.0 Å². The van der Waals surface area contributed by atoms with Crippen molar-refractivity contribution >= 4 is 57.3 Å². The third-order valence-corrected chi connectivity index (χ3v) is 9.97. The highest BCUT2D eigenvalue weighted by atomic mass is 79.9. The van der Waals surface area contributed by atoms with E-state index in [1.54, 1.807) is 58.0 Å². The van der Waals surface area contributed by atoms with E-state index in [9.17, 15) is 24.0 Å². The number of hydrogen-bond donors (Lipinski definition) is 2. The third-order valence-electron chi connectivity index (χ3n) is 8.96. The molecule has 284 valence electrons. The number of likely N-dealkylation sites (N-methyl/N-ethyl adjacent to an activating group) is 3. The second-order valence-electron chi connectivity index (χ2n) is 15.1. The number of hydrogen-bond acceptors (Lipinski definition) is 7.